The van der Waals surface area contributed by atoms with E-state index < -0.39 is 0 Å². The van der Waals surface area contributed by atoms with Crippen LogP contribution in [0, 0.1) is 20.8 Å². The summed E-state index contributed by atoms with van der Waals surface area (Å²) in [4.78, 5) is 26.2. The van der Waals surface area contributed by atoms with E-state index in [0.717, 1.165) is 33.3 Å². The van der Waals surface area contributed by atoms with Crippen molar-refractivity contribution in [2.45, 2.75) is 27.3 Å². The molecule has 0 unspecified atom stereocenters. The molecule has 3 aromatic heterocycles. The highest BCUT2D eigenvalue weighted by Crippen LogP contribution is 2.23. The number of hydrogen-bond acceptors (Lipinski definition) is 4. The van der Waals surface area contributed by atoms with E-state index in [1.807, 2.05) is 63.4 Å². The van der Waals surface area contributed by atoms with Crippen molar-refractivity contribution in [3.05, 3.63) is 76.2 Å². The molecule has 0 saturated heterocycles. The Labute approximate surface area is 168 Å². The van der Waals surface area contributed by atoms with Crippen LogP contribution in [-0.4, -0.2) is 32.2 Å². The van der Waals surface area contributed by atoms with Gasteiger partial charge in [0.15, 0.2) is 4.96 Å². The number of benzene rings is 1. The van der Waals surface area contributed by atoms with Crippen LogP contribution in [0.15, 0.2) is 48.7 Å². The third kappa shape index (κ3) is 3.31. The highest BCUT2D eigenvalue weighted by atomic mass is 32.1. The van der Waals surface area contributed by atoms with Crippen molar-refractivity contribution in [2.24, 2.45) is 0 Å². The summed E-state index contributed by atoms with van der Waals surface area (Å²) in [5.74, 6) is -0.0362. The Kier molecular flexibility index (Phi) is 4.73. The van der Waals surface area contributed by atoms with Crippen molar-refractivity contribution >= 4 is 22.2 Å². The SMILES string of the molecule is Cc1cn2c(CN(C)C(=O)c3ccc(-c4ccccc4)nc3C)c(C)nc2s1. The number of amides is 1. The molecule has 6 heteroatoms. The molecule has 28 heavy (non-hydrogen) atoms. The van der Waals surface area contributed by atoms with Gasteiger partial charge in [-0.2, -0.15) is 0 Å². The topological polar surface area (TPSA) is 50.5 Å². The molecule has 1 aromatic carbocycles. The lowest BCUT2D eigenvalue weighted by Crippen LogP contribution is -2.28. The summed E-state index contributed by atoms with van der Waals surface area (Å²) in [5, 5.41) is 0. The van der Waals surface area contributed by atoms with E-state index in [1.54, 1.807) is 16.2 Å². The second-order valence-electron chi connectivity index (χ2n) is 6.99. The van der Waals surface area contributed by atoms with Gasteiger partial charge in [-0.1, -0.05) is 30.3 Å². The fraction of sp³-hybridized carbons (Fsp3) is 0.227. The Bertz CT molecular complexity index is 1160. The summed E-state index contributed by atoms with van der Waals surface area (Å²) in [6, 6.07) is 13.8. The average molecular weight is 391 g/mol. The number of fused-ring (bicyclic) bond motifs is 1. The van der Waals surface area contributed by atoms with Gasteiger partial charge in [0.1, 0.15) is 0 Å². The van der Waals surface area contributed by atoms with E-state index in [1.165, 1.54) is 4.88 Å². The number of imidazole rings is 1. The van der Waals surface area contributed by atoms with E-state index in [9.17, 15) is 4.79 Å². The van der Waals surface area contributed by atoms with Gasteiger partial charge < -0.3 is 4.90 Å². The predicted octanol–water partition coefficient (Wildman–Crippen LogP) is 4.66. The average Bonchev–Trinajstić information content (AvgIpc) is 3.17. The number of hydrogen-bond donors (Lipinski definition) is 0. The first kappa shape index (κ1) is 18.4. The Balaban J connectivity index is 1.59. The highest BCUT2D eigenvalue weighted by molar-refractivity contribution is 7.17. The number of pyridine rings is 1. The molecule has 0 aliphatic carbocycles. The zero-order valence-electron chi connectivity index (χ0n) is 16.4. The van der Waals surface area contributed by atoms with Gasteiger partial charge in [0.2, 0.25) is 0 Å². The van der Waals surface area contributed by atoms with Crippen LogP contribution in [0.1, 0.15) is 32.3 Å². The van der Waals surface area contributed by atoms with Gasteiger partial charge in [0.25, 0.3) is 5.91 Å². The fourth-order valence-electron chi connectivity index (χ4n) is 3.36. The molecular formula is C22H22N4OS. The van der Waals surface area contributed by atoms with Crippen molar-refractivity contribution in [1.29, 1.82) is 0 Å². The van der Waals surface area contributed by atoms with Crippen molar-refractivity contribution in [1.82, 2.24) is 19.3 Å². The lowest BCUT2D eigenvalue weighted by molar-refractivity contribution is 0.0781. The van der Waals surface area contributed by atoms with Crippen molar-refractivity contribution in [3.8, 4) is 11.3 Å². The van der Waals surface area contributed by atoms with Gasteiger partial charge >= 0.3 is 0 Å². The molecule has 5 nitrogen and oxygen atoms in total. The zero-order chi connectivity index (χ0) is 19.8. The zero-order valence-corrected chi connectivity index (χ0v) is 17.2. The van der Waals surface area contributed by atoms with Gasteiger partial charge in [0.05, 0.1) is 34.9 Å². The maximum Gasteiger partial charge on any atom is 0.255 e. The van der Waals surface area contributed by atoms with Gasteiger partial charge in [-0.3, -0.25) is 14.2 Å². The van der Waals surface area contributed by atoms with Gasteiger partial charge in [-0.25, -0.2) is 4.98 Å². The summed E-state index contributed by atoms with van der Waals surface area (Å²) in [6.45, 7) is 6.45. The fourth-order valence-corrected chi connectivity index (χ4v) is 4.25. The molecule has 1 amide bonds. The summed E-state index contributed by atoms with van der Waals surface area (Å²) < 4.78 is 2.09. The summed E-state index contributed by atoms with van der Waals surface area (Å²) in [6.07, 6.45) is 2.08. The van der Waals surface area contributed by atoms with Crippen LogP contribution in [0.25, 0.3) is 16.2 Å². The van der Waals surface area contributed by atoms with Crippen LogP contribution in [-0.2, 0) is 6.54 Å². The Morgan fingerprint density at radius 1 is 1.04 bits per heavy atom. The molecule has 3 heterocycles. The molecule has 0 aliphatic rings. The number of rotatable bonds is 4. The normalized spacial score (nSPS) is 11.1. The maximum atomic E-state index is 13.1. The highest BCUT2D eigenvalue weighted by Gasteiger charge is 2.19. The standard InChI is InChI=1S/C22H22N4OS/c1-14-12-26-20(16(3)24-22(26)28-14)13-25(4)21(27)18-10-11-19(23-15(18)2)17-8-6-5-7-9-17/h5-12H,13H2,1-4H3. The lowest BCUT2D eigenvalue weighted by Gasteiger charge is -2.18. The van der Waals surface area contributed by atoms with Crippen LogP contribution in [0.2, 0.25) is 0 Å². The third-order valence-corrected chi connectivity index (χ3v) is 5.76. The van der Waals surface area contributed by atoms with E-state index in [0.29, 0.717) is 12.1 Å². The van der Waals surface area contributed by atoms with Crippen molar-refractivity contribution < 1.29 is 4.79 Å². The van der Waals surface area contributed by atoms with Gasteiger partial charge in [0, 0.05) is 23.7 Å². The molecule has 0 spiro atoms. The Morgan fingerprint density at radius 2 is 1.79 bits per heavy atom. The monoisotopic (exact) mass is 390 g/mol. The maximum absolute atomic E-state index is 13.1. The molecule has 0 radical (unpaired) electrons. The summed E-state index contributed by atoms with van der Waals surface area (Å²) in [5.41, 5.74) is 5.28. The molecule has 0 bridgehead atoms. The van der Waals surface area contributed by atoms with E-state index in [2.05, 4.69) is 27.5 Å². The van der Waals surface area contributed by atoms with E-state index in [4.69, 9.17) is 0 Å². The van der Waals surface area contributed by atoms with Crippen LogP contribution >= 0.6 is 11.3 Å². The van der Waals surface area contributed by atoms with Crippen molar-refractivity contribution in [2.75, 3.05) is 7.05 Å². The second-order valence-corrected chi connectivity index (χ2v) is 8.21. The molecule has 0 fully saturated rings. The van der Waals surface area contributed by atoms with Crippen LogP contribution in [0.4, 0.5) is 0 Å². The van der Waals surface area contributed by atoms with Gasteiger partial charge in [-0.15, -0.1) is 11.3 Å². The molecule has 4 rings (SSSR count). The minimum atomic E-state index is -0.0362. The van der Waals surface area contributed by atoms with Crippen LogP contribution < -0.4 is 0 Å². The largest absolute Gasteiger partial charge is 0.336 e. The Morgan fingerprint density at radius 3 is 2.50 bits per heavy atom. The lowest BCUT2D eigenvalue weighted by atomic mass is 10.1. The molecule has 142 valence electrons. The number of aromatic nitrogens is 3. The predicted molar refractivity (Wildman–Crippen MR) is 113 cm³/mol. The minimum absolute atomic E-state index is 0.0362. The summed E-state index contributed by atoms with van der Waals surface area (Å²) in [7, 11) is 1.82. The van der Waals surface area contributed by atoms with Gasteiger partial charge in [-0.05, 0) is 32.9 Å². The van der Waals surface area contributed by atoms with Crippen LogP contribution in [0.5, 0.6) is 0 Å². The first-order valence-electron chi connectivity index (χ1n) is 9.16. The first-order valence-corrected chi connectivity index (χ1v) is 9.98. The molecule has 0 atom stereocenters. The Hall–Kier alpha value is -2.99. The van der Waals surface area contributed by atoms with Crippen LogP contribution in [0.3, 0.4) is 0 Å². The number of aryl methyl sites for hydroxylation is 3. The quantitative estimate of drug-likeness (QED) is 0.509. The summed E-state index contributed by atoms with van der Waals surface area (Å²) >= 11 is 1.66. The molecule has 0 aliphatic heterocycles. The smallest absolute Gasteiger partial charge is 0.255 e. The first-order chi connectivity index (χ1) is 13.4. The van der Waals surface area contributed by atoms with E-state index in [-0.39, 0.29) is 5.91 Å². The minimum Gasteiger partial charge on any atom is -0.336 e. The number of carbonyl (C=O) groups excluding carboxylic acids is 1. The molecule has 0 N–H and O–H groups in total. The number of thiazole rings is 1. The number of nitrogens with zero attached hydrogens (tertiary/aromatic N) is 4. The number of carbonyl (C=O) groups is 1. The molecule has 4 aromatic rings. The second kappa shape index (κ2) is 7.20. The molecular weight excluding hydrogens is 368 g/mol. The van der Waals surface area contributed by atoms with E-state index >= 15 is 0 Å². The molecule has 0 saturated carbocycles. The third-order valence-electron chi connectivity index (χ3n) is 4.86. The van der Waals surface area contributed by atoms with Crippen molar-refractivity contribution in [3.63, 3.8) is 0 Å².